The number of benzene rings is 1. The molecule has 1 aliphatic heterocycles. The number of aromatic nitrogens is 3. The molecule has 1 aliphatic rings. The number of rotatable bonds is 8. The van der Waals surface area contributed by atoms with E-state index in [1.807, 2.05) is 47.1 Å². The number of hydrogen-bond donors (Lipinski definition) is 3. The molecule has 38 heavy (non-hydrogen) atoms. The van der Waals surface area contributed by atoms with E-state index in [0.717, 1.165) is 22.4 Å². The van der Waals surface area contributed by atoms with Gasteiger partial charge in [-0.1, -0.05) is 31.2 Å². The standard InChI is InChI=1S/C28H30N6O4/c1-18(17-35)25(26(29)36)20-4-2-3-19(13-20)22-14-23(27-30-7-8-34(27)16-22)32-24-6-5-21(15-31-24)28(37)33-9-11-38-12-10-33/h2-8,13-16,18,25,35H,9-12,17H2,1H3,(H2,29,36)(H,31,32)/t18-,25?/m1/s1. The van der Waals surface area contributed by atoms with E-state index in [-0.39, 0.29) is 18.4 Å². The van der Waals surface area contributed by atoms with Gasteiger partial charge in [0.25, 0.3) is 5.91 Å². The van der Waals surface area contributed by atoms with E-state index < -0.39 is 11.8 Å². The molecule has 0 radical (unpaired) electrons. The normalized spacial score (nSPS) is 15.3. The number of anilines is 2. The van der Waals surface area contributed by atoms with E-state index in [0.29, 0.717) is 43.3 Å². The van der Waals surface area contributed by atoms with Crippen molar-refractivity contribution >= 4 is 29.0 Å². The summed E-state index contributed by atoms with van der Waals surface area (Å²) in [5, 5.41) is 13.0. The Morgan fingerprint density at radius 1 is 1.13 bits per heavy atom. The lowest BCUT2D eigenvalue weighted by Crippen LogP contribution is -2.40. The number of primary amides is 1. The first-order valence-electron chi connectivity index (χ1n) is 12.5. The molecule has 5 rings (SSSR count). The van der Waals surface area contributed by atoms with Crippen LogP contribution in [0.3, 0.4) is 0 Å². The molecule has 196 valence electrons. The molecule has 2 amide bonds. The zero-order valence-electron chi connectivity index (χ0n) is 21.1. The number of pyridine rings is 2. The van der Waals surface area contributed by atoms with Crippen molar-refractivity contribution in [1.82, 2.24) is 19.3 Å². The van der Waals surface area contributed by atoms with Crippen molar-refractivity contribution in [2.75, 3.05) is 38.2 Å². The number of carbonyl (C=O) groups excluding carboxylic acids is 2. The van der Waals surface area contributed by atoms with E-state index >= 15 is 0 Å². The smallest absolute Gasteiger partial charge is 0.255 e. The van der Waals surface area contributed by atoms with Gasteiger partial charge in [0.2, 0.25) is 5.91 Å². The molecule has 10 nitrogen and oxygen atoms in total. The van der Waals surface area contributed by atoms with E-state index in [9.17, 15) is 14.7 Å². The molecule has 10 heteroatoms. The number of nitrogens with two attached hydrogens (primary N) is 1. The number of amides is 2. The minimum atomic E-state index is -0.600. The Bertz CT molecular complexity index is 1450. The highest BCUT2D eigenvalue weighted by Crippen LogP contribution is 2.31. The molecule has 1 aromatic carbocycles. The summed E-state index contributed by atoms with van der Waals surface area (Å²) >= 11 is 0. The number of carbonyl (C=O) groups is 2. The van der Waals surface area contributed by atoms with Gasteiger partial charge in [-0.2, -0.15) is 0 Å². The Labute approximate surface area is 220 Å². The summed E-state index contributed by atoms with van der Waals surface area (Å²) < 4.78 is 7.23. The number of imidazole rings is 1. The van der Waals surface area contributed by atoms with Gasteiger partial charge in [-0.05, 0) is 35.2 Å². The van der Waals surface area contributed by atoms with Crippen LogP contribution in [0, 0.1) is 5.92 Å². The summed E-state index contributed by atoms with van der Waals surface area (Å²) in [5.74, 6) is -0.866. The number of hydrogen-bond acceptors (Lipinski definition) is 7. The fraction of sp³-hybridized carbons (Fsp3) is 0.286. The molecular formula is C28H30N6O4. The molecule has 0 saturated carbocycles. The number of aliphatic hydroxyl groups excluding tert-OH is 1. The van der Waals surface area contributed by atoms with Gasteiger partial charge in [-0.3, -0.25) is 9.59 Å². The number of nitrogens with one attached hydrogen (secondary N) is 1. The third-order valence-electron chi connectivity index (χ3n) is 6.80. The second kappa shape index (κ2) is 11.0. The van der Waals surface area contributed by atoms with Crippen LogP contribution in [-0.4, -0.2) is 69.1 Å². The topological polar surface area (TPSA) is 135 Å². The largest absolute Gasteiger partial charge is 0.396 e. The first kappa shape index (κ1) is 25.4. The van der Waals surface area contributed by atoms with Gasteiger partial charge in [0.1, 0.15) is 5.82 Å². The summed E-state index contributed by atoms with van der Waals surface area (Å²) in [7, 11) is 0. The zero-order chi connectivity index (χ0) is 26.6. The first-order chi connectivity index (χ1) is 18.4. The molecule has 4 N–H and O–H groups in total. The van der Waals surface area contributed by atoms with Crippen LogP contribution < -0.4 is 11.1 Å². The highest BCUT2D eigenvalue weighted by molar-refractivity contribution is 5.94. The molecule has 4 heterocycles. The summed E-state index contributed by atoms with van der Waals surface area (Å²) in [6.07, 6.45) is 7.09. The Morgan fingerprint density at radius 2 is 1.95 bits per heavy atom. The van der Waals surface area contributed by atoms with Crippen molar-refractivity contribution in [3.8, 4) is 11.1 Å². The third kappa shape index (κ3) is 5.22. The molecule has 0 spiro atoms. The van der Waals surface area contributed by atoms with E-state index in [4.69, 9.17) is 10.5 Å². The van der Waals surface area contributed by atoms with Crippen molar-refractivity contribution in [1.29, 1.82) is 0 Å². The SMILES string of the molecule is C[C@H](CO)C(C(N)=O)c1cccc(-c2cc(Nc3ccc(C(=O)N4CCOCC4)cn3)c3nccn3c2)c1. The quantitative estimate of drug-likeness (QED) is 0.329. The van der Waals surface area contributed by atoms with Crippen LogP contribution in [0.1, 0.15) is 28.8 Å². The van der Waals surface area contributed by atoms with Crippen LogP contribution in [0.25, 0.3) is 16.8 Å². The maximum atomic E-state index is 12.7. The summed E-state index contributed by atoms with van der Waals surface area (Å²) in [6, 6.07) is 13.1. The fourth-order valence-electron chi connectivity index (χ4n) is 4.75. The van der Waals surface area contributed by atoms with Crippen molar-refractivity contribution < 1.29 is 19.4 Å². The van der Waals surface area contributed by atoms with Crippen LogP contribution in [-0.2, 0) is 9.53 Å². The zero-order valence-corrected chi connectivity index (χ0v) is 21.1. The third-order valence-corrected chi connectivity index (χ3v) is 6.80. The Balaban J connectivity index is 1.43. The first-order valence-corrected chi connectivity index (χ1v) is 12.5. The van der Waals surface area contributed by atoms with Crippen LogP contribution >= 0.6 is 0 Å². The molecule has 1 unspecified atom stereocenters. The predicted molar refractivity (Wildman–Crippen MR) is 143 cm³/mol. The number of nitrogens with zero attached hydrogens (tertiary/aromatic N) is 4. The van der Waals surface area contributed by atoms with Gasteiger partial charge in [0.15, 0.2) is 5.65 Å². The molecule has 0 bridgehead atoms. The number of ether oxygens (including phenoxy) is 1. The van der Waals surface area contributed by atoms with Crippen LogP contribution in [0.5, 0.6) is 0 Å². The predicted octanol–water partition coefficient (Wildman–Crippen LogP) is 2.81. The summed E-state index contributed by atoms with van der Waals surface area (Å²) in [5.41, 5.74) is 10.2. The average Bonchev–Trinajstić information content (AvgIpc) is 3.43. The van der Waals surface area contributed by atoms with Crippen molar-refractivity contribution in [3.63, 3.8) is 0 Å². The molecule has 1 fully saturated rings. The van der Waals surface area contributed by atoms with E-state index in [1.54, 1.807) is 36.4 Å². The number of aliphatic hydroxyl groups is 1. The summed E-state index contributed by atoms with van der Waals surface area (Å²) in [6.45, 7) is 3.89. The summed E-state index contributed by atoms with van der Waals surface area (Å²) in [4.78, 5) is 35.6. The highest BCUT2D eigenvalue weighted by atomic mass is 16.5. The monoisotopic (exact) mass is 514 g/mol. The fourth-order valence-corrected chi connectivity index (χ4v) is 4.75. The molecule has 3 aromatic heterocycles. The van der Waals surface area contributed by atoms with E-state index in [2.05, 4.69) is 15.3 Å². The lowest BCUT2D eigenvalue weighted by molar-refractivity contribution is -0.120. The van der Waals surface area contributed by atoms with Gasteiger partial charge >= 0.3 is 0 Å². The van der Waals surface area contributed by atoms with Crippen molar-refractivity contribution in [2.24, 2.45) is 11.7 Å². The van der Waals surface area contributed by atoms with Gasteiger partial charge in [0.05, 0.1) is 30.4 Å². The van der Waals surface area contributed by atoms with Gasteiger partial charge < -0.3 is 30.2 Å². The van der Waals surface area contributed by atoms with Crippen LogP contribution in [0.15, 0.2) is 67.3 Å². The maximum absolute atomic E-state index is 12.7. The van der Waals surface area contributed by atoms with Gasteiger partial charge in [-0.25, -0.2) is 9.97 Å². The lowest BCUT2D eigenvalue weighted by atomic mass is 9.86. The molecule has 4 aromatic rings. The average molecular weight is 515 g/mol. The molecule has 0 aliphatic carbocycles. The maximum Gasteiger partial charge on any atom is 0.255 e. The molecule has 1 saturated heterocycles. The minimum Gasteiger partial charge on any atom is -0.396 e. The van der Waals surface area contributed by atoms with Crippen molar-refractivity contribution in [3.05, 3.63) is 78.4 Å². The van der Waals surface area contributed by atoms with Gasteiger partial charge in [-0.15, -0.1) is 0 Å². The molecular weight excluding hydrogens is 484 g/mol. The van der Waals surface area contributed by atoms with Crippen molar-refractivity contribution in [2.45, 2.75) is 12.8 Å². The van der Waals surface area contributed by atoms with Crippen LogP contribution in [0.2, 0.25) is 0 Å². The van der Waals surface area contributed by atoms with Gasteiger partial charge in [0, 0.05) is 50.0 Å². The Kier molecular flexibility index (Phi) is 7.34. The highest BCUT2D eigenvalue weighted by Gasteiger charge is 2.25. The Morgan fingerprint density at radius 3 is 2.66 bits per heavy atom. The minimum absolute atomic E-state index is 0.0605. The number of fused-ring (bicyclic) bond motifs is 1. The second-order valence-corrected chi connectivity index (χ2v) is 9.43. The second-order valence-electron chi connectivity index (χ2n) is 9.43. The lowest BCUT2D eigenvalue weighted by Gasteiger charge is -2.26. The van der Waals surface area contributed by atoms with Crippen LogP contribution in [0.4, 0.5) is 11.5 Å². The number of morpholine rings is 1. The Hall–Kier alpha value is -4.28. The van der Waals surface area contributed by atoms with E-state index in [1.165, 1.54) is 0 Å². The molecule has 2 atom stereocenters.